The van der Waals surface area contributed by atoms with E-state index in [0.29, 0.717) is 0 Å². The maximum atomic E-state index is 10.6. The Morgan fingerprint density at radius 1 is 0.559 bits per heavy atom. The standard InChI is InChI=1S/C8H8N2O2.2C7H7NO3/c9-7(11)5-2-1-3-6(4-5)8(10)12;2*8-7(10)11-6-4-2-1-3-5(6)9/h1-4H,(H2,9,11)(H2,10,12);2*1-4,9H,(H2,8,10). The summed E-state index contributed by atoms with van der Waals surface area (Å²) in [5.41, 5.74) is 20.0. The number of para-hydroxylation sites is 4. The maximum Gasteiger partial charge on any atom is 0.410 e. The summed E-state index contributed by atoms with van der Waals surface area (Å²) in [6.07, 6.45) is -1.88. The number of carbonyl (C=O) groups excluding carboxylic acids is 4. The molecule has 0 heterocycles. The molecule has 0 unspecified atom stereocenters. The van der Waals surface area contributed by atoms with Crippen LogP contribution in [0.2, 0.25) is 0 Å². The SMILES string of the molecule is NC(=O)Oc1ccccc1O.NC(=O)Oc1ccccc1O.NC(=O)c1cccc(C(N)=O)c1. The van der Waals surface area contributed by atoms with E-state index in [1.165, 1.54) is 42.5 Å². The zero-order chi connectivity index (χ0) is 25.7. The molecule has 3 rings (SSSR count). The van der Waals surface area contributed by atoms with Gasteiger partial charge in [-0.2, -0.15) is 0 Å². The lowest BCUT2D eigenvalue weighted by atomic mass is 10.1. The van der Waals surface area contributed by atoms with Crippen LogP contribution in [0.1, 0.15) is 20.7 Å². The highest BCUT2D eigenvalue weighted by Gasteiger charge is 2.04. The number of phenolic OH excluding ortho intramolecular Hbond substituents is 2. The Kier molecular flexibility index (Phi) is 10.4. The number of phenols is 2. The Morgan fingerprint density at radius 2 is 0.912 bits per heavy atom. The largest absolute Gasteiger partial charge is 0.504 e. The molecule has 3 aromatic rings. The van der Waals surface area contributed by atoms with Gasteiger partial charge in [-0.15, -0.1) is 0 Å². The predicted octanol–water partition coefficient (Wildman–Crippen LogP) is 1.58. The van der Waals surface area contributed by atoms with E-state index in [1.807, 2.05) is 0 Å². The number of amides is 4. The van der Waals surface area contributed by atoms with Gasteiger partial charge in [0.05, 0.1) is 0 Å². The average molecular weight is 470 g/mol. The number of carbonyl (C=O) groups is 4. The van der Waals surface area contributed by atoms with Crippen molar-refractivity contribution in [2.24, 2.45) is 22.9 Å². The molecule has 0 radical (unpaired) electrons. The quantitative estimate of drug-likeness (QED) is 0.327. The molecule has 10 N–H and O–H groups in total. The minimum atomic E-state index is -0.938. The molecule has 12 heteroatoms. The van der Waals surface area contributed by atoms with Crippen molar-refractivity contribution in [3.05, 3.63) is 83.9 Å². The predicted molar refractivity (Wildman–Crippen MR) is 120 cm³/mol. The van der Waals surface area contributed by atoms with E-state index in [-0.39, 0.29) is 34.1 Å². The van der Waals surface area contributed by atoms with E-state index in [9.17, 15) is 19.2 Å². The number of aromatic hydroxyl groups is 2. The van der Waals surface area contributed by atoms with Crippen LogP contribution in [0.5, 0.6) is 23.0 Å². The van der Waals surface area contributed by atoms with Crippen molar-refractivity contribution >= 4 is 24.0 Å². The van der Waals surface area contributed by atoms with Gasteiger partial charge in [0.1, 0.15) is 0 Å². The molecule has 0 bridgehead atoms. The molecule has 0 fully saturated rings. The molecule has 3 aromatic carbocycles. The van der Waals surface area contributed by atoms with Gasteiger partial charge >= 0.3 is 12.2 Å². The van der Waals surface area contributed by atoms with Gasteiger partial charge in [0.25, 0.3) is 0 Å². The summed E-state index contributed by atoms with van der Waals surface area (Å²) in [5.74, 6) is -1.21. The van der Waals surface area contributed by atoms with E-state index in [1.54, 1.807) is 30.3 Å². The first-order valence-electron chi connectivity index (χ1n) is 9.21. The Morgan fingerprint density at radius 3 is 1.21 bits per heavy atom. The Labute approximate surface area is 193 Å². The molecule has 0 atom stereocenters. The first-order valence-corrected chi connectivity index (χ1v) is 9.21. The van der Waals surface area contributed by atoms with Crippen LogP contribution in [-0.2, 0) is 0 Å². The second kappa shape index (κ2) is 13.2. The van der Waals surface area contributed by atoms with E-state index in [0.717, 1.165) is 0 Å². The zero-order valence-corrected chi connectivity index (χ0v) is 17.6. The molecule has 0 aromatic heterocycles. The van der Waals surface area contributed by atoms with Crippen molar-refractivity contribution in [1.82, 2.24) is 0 Å². The summed E-state index contributed by atoms with van der Waals surface area (Å²) in [6, 6.07) is 18.1. The Balaban J connectivity index is 0.000000255. The van der Waals surface area contributed by atoms with Crippen LogP contribution in [0.25, 0.3) is 0 Å². The number of hydrogen-bond donors (Lipinski definition) is 6. The maximum absolute atomic E-state index is 10.6. The van der Waals surface area contributed by atoms with E-state index < -0.39 is 24.0 Å². The van der Waals surface area contributed by atoms with Gasteiger partial charge in [0.15, 0.2) is 23.0 Å². The molecule has 0 aliphatic carbocycles. The van der Waals surface area contributed by atoms with Gasteiger partial charge < -0.3 is 42.6 Å². The van der Waals surface area contributed by atoms with Crippen LogP contribution in [0, 0.1) is 0 Å². The molecule has 34 heavy (non-hydrogen) atoms. The van der Waals surface area contributed by atoms with Crippen LogP contribution in [-0.4, -0.2) is 34.2 Å². The minimum absolute atomic E-state index is 0.0694. The highest BCUT2D eigenvalue weighted by Crippen LogP contribution is 2.24. The molecule has 12 nitrogen and oxygen atoms in total. The van der Waals surface area contributed by atoms with Crippen LogP contribution in [0.15, 0.2) is 72.8 Å². The van der Waals surface area contributed by atoms with Gasteiger partial charge in [-0.25, -0.2) is 9.59 Å². The first kappa shape index (κ1) is 26.8. The van der Waals surface area contributed by atoms with Gasteiger partial charge in [-0.05, 0) is 42.5 Å². The lowest BCUT2D eigenvalue weighted by Gasteiger charge is -2.00. The monoisotopic (exact) mass is 470 g/mol. The molecular formula is C22H22N4O8. The second-order valence-electron chi connectivity index (χ2n) is 6.09. The molecule has 0 saturated heterocycles. The van der Waals surface area contributed by atoms with Crippen molar-refractivity contribution in [3.63, 3.8) is 0 Å². The van der Waals surface area contributed by atoms with Crippen molar-refractivity contribution < 1.29 is 38.9 Å². The number of primary amides is 4. The van der Waals surface area contributed by atoms with Crippen molar-refractivity contribution in [2.75, 3.05) is 0 Å². The molecule has 0 aliphatic rings. The first-order chi connectivity index (χ1) is 16.0. The molecule has 0 spiro atoms. The number of rotatable bonds is 4. The normalized spacial score (nSPS) is 9.18. The lowest BCUT2D eigenvalue weighted by Crippen LogP contribution is -2.16. The number of hydrogen-bond acceptors (Lipinski definition) is 8. The summed E-state index contributed by atoms with van der Waals surface area (Å²) in [6.45, 7) is 0. The van der Waals surface area contributed by atoms with E-state index in [2.05, 4.69) is 9.47 Å². The van der Waals surface area contributed by atoms with Crippen LogP contribution >= 0.6 is 0 Å². The Bertz CT molecular complexity index is 1080. The fourth-order valence-electron chi connectivity index (χ4n) is 2.13. The third kappa shape index (κ3) is 9.70. The van der Waals surface area contributed by atoms with Crippen LogP contribution in [0.3, 0.4) is 0 Å². The smallest absolute Gasteiger partial charge is 0.410 e. The molecular weight excluding hydrogens is 448 g/mol. The molecule has 4 amide bonds. The third-order valence-electron chi connectivity index (χ3n) is 3.58. The van der Waals surface area contributed by atoms with Gasteiger partial charge in [-0.3, -0.25) is 9.59 Å². The number of nitrogens with two attached hydrogens (primary N) is 4. The van der Waals surface area contributed by atoms with Gasteiger partial charge in [0.2, 0.25) is 11.8 Å². The average Bonchev–Trinajstić information content (AvgIpc) is 2.77. The van der Waals surface area contributed by atoms with Crippen molar-refractivity contribution in [1.29, 1.82) is 0 Å². The fraction of sp³-hybridized carbons (Fsp3) is 0. The highest BCUT2D eigenvalue weighted by atomic mass is 16.6. The Hall–Kier alpha value is -5.26. The number of benzene rings is 3. The molecule has 178 valence electrons. The highest BCUT2D eigenvalue weighted by molar-refractivity contribution is 5.98. The van der Waals surface area contributed by atoms with Crippen molar-refractivity contribution in [2.45, 2.75) is 0 Å². The van der Waals surface area contributed by atoms with Gasteiger partial charge in [0, 0.05) is 11.1 Å². The van der Waals surface area contributed by atoms with Crippen LogP contribution < -0.4 is 32.4 Å². The summed E-state index contributed by atoms with van der Waals surface area (Å²) in [4.78, 5) is 41.7. The van der Waals surface area contributed by atoms with Gasteiger partial charge in [-0.1, -0.05) is 30.3 Å². The topological polar surface area (TPSA) is 231 Å². The third-order valence-corrected chi connectivity index (χ3v) is 3.58. The van der Waals surface area contributed by atoms with E-state index >= 15 is 0 Å². The zero-order valence-electron chi connectivity index (χ0n) is 17.6. The fourth-order valence-corrected chi connectivity index (χ4v) is 2.13. The lowest BCUT2D eigenvalue weighted by molar-refractivity contribution is 0.0999. The summed E-state index contributed by atoms with van der Waals surface area (Å²) >= 11 is 0. The van der Waals surface area contributed by atoms with E-state index in [4.69, 9.17) is 33.1 Å². The summed E-state index contributed by atoms with van der Waals surface area (Å²) < 4.78 is 8.87. The summed E-state index contributed by atoms with van der Waals surface area (Å²) in [7, 11) is 0. The molecule has 0 aliphatic heterocycles. The summed E-state index contributed by atoms with van der Waals surface area (Å²) in [5, 5.41) is 18.1. The van der Waals surface area contributed by atoms with Crippen molar-refractivity contribution in [3.8, 4) is 23.0 Å². The minimum Gasteiger partial charge on any atom is -0.504 e. The molecule has 0 saturated carbocycles. The van der Waals surface area contributed by atoms with Crippen LogP contribution in [0.4, 0.5) is 9.59 Å². The number of ether oxygens (including phenoxy) is 2. The second-order valence-corrected chi connectivity index (χ2v) is 6.09.